The van der Waals surface area contributed by atoms with Crippen LogP contribution in [0.2, 0.25) is 0 Å². The molecule has 1 saturated carbocycles. The smallest absolute Gasteiger partial charge is 0.131 e. The Morgan fingerprint density at radius 3 is 2.65 bits per heavy atom. The summed E-state index contributed by atoms with van der Waals surface area (Å²) in [5, 5.41) is 3.69. The zero-order valence-electron chi connectivity index (χ0n) is 15.8. The van der Waals surface area contributed by atoms with E-state index in [0.29, 0.717) is 5.92 Å². The minimum Gasteiger partial charge on any atom is -0.496 e. The maximum atomic E-state index is 6.56. The number of rotatable bonds is 2. The Labute approximate surface area is 155 Å². The molecule has 3 nitrogen and oxygen atoms in total. The number of nitrogens with one attached hydrogen (secondary N) is 1. The lowest BCUT2D eigenvalue weighted by Crippen LogP contribution is -2.32. The van der Waals surface area contributed by atoms with Crippen LogP contribution >= 0.6 is 0 Å². The van der Waals surface area contributed by atoms with Crippen molar-refractivity contribution in [1.82, 2.24) is 0 Å². The monoisotopic (exact) mass is 347 g/mol. The van der Waals surface area contributed by atoms with E-state index in [1.165, 1.54) is 40.8 Å². The Morgan fingerprint density at radius 2 is 1.92 bits per heavy atom. The molecule has 0 radical (unpaired) electrons. The van der Waals surface area contributed by atoms with Crippen molar-refractivity contribution in [3.8, 4) is 22.6 Å². The van der Waals surface area contributed by atoms with Gasteiger partial charge >= 0.3 is 0 Å². The van der Waals surface area contributed by atoms with Gasteiger partial charge in [0.05, 0.1) is 18.2 Å². The summed E-state index contributed by atoms with van der Waals surface area (Å²) in [4.78, 5) is 0. The summed E-state index contributed by atoms with van der Waals surface area (Å²) in [6.07, 6.45) is 4.95. The first kappa shape index (κ1) is 15.8. The van der Waals surface area contributed by atoms with Gasteiger partial charge in [0.2, 0.25) is 0 Å². The minimum absolute atomic E-state index is 0.0362. The molecule has 2 aromatic carbocycles. The van der Waals surface area contributed by atoms with Gasteiger partial charge in [-0.05, 0) is 62.9 Å². The fourth-order valence-electron chi connectivity index (χ4n) is 4.63. The van der Waals surface area contributed by atoms with Crippen molar-refractivity contribution in [2.24, 2.45) is 5.92 Å². The number of allylic oxidation sites excluding steroid dienone is 1. The predicted molar refractivity (Wildman–Crippen MR) is 106 cm³/mol. The highest BCUT2D eigenvalue weighted by molar-refractivity contribution is 5.91. The Balaban J connectivity index is 1.80. The fraction of sp³-hybridized carbons (Fsp3) is 0.391. The molecule has 1 aliphatic carbocycles. The highest BCUT2D eigenvalue weighted by Gasteiger charge is 2.42. The van der Waals surface area contributed by atoms with Crippen molar-refractivity contribution >= 4 is 11.3 Å². The fourth-order valence-corrected chi connectivity index (χ4v) is 4.63. The van der Waals surface area contributed by atoms with Gasteiger partial charge in [0, 0.05) is 22.7 Å². The summed E-state index contributed by atoms with van der Waals surface area (Å²) in [7, 11) is 1.73. The predicted octanol–water partition coefficient (Wildman–Crippen LogP) is 5.81. The van der Waals surface area contributed by atoms with E-state index in [1.807, 2.05) is 12.1 Å². The molecule has 134 valence electrons. The number of ether oxygens (including phenoxy) is 2. The molecule has 3 heteroatoms. The van der Waals surface area contributed by atoms with Gasteiger partial charge in [0.25, 0.3) is 0 Å². The number of anilines is 1. The third-order valence-corrected chi connectivity index (χ3v) is 5.74. The lowest BCUT2D eigenvalue weighted by molar-refractivity contribution is 0.177. The van der Waals surface area contributed by atoms with Gasteiger partial charge in [-0.15, -0.1) is 0 Å². The standard InChI is InChI=1S/C23H25NO2/c1-13-12-23(2,3)24-16-11-10-15-20-17(25-4)6-5-7-18(20)26-22(14-8-9-14)21(15)19(13)16/h5-7,10-12,14,22,24H,8-9H2,1-4H3. The lowest BCUT2D eigenvalue weighted by Gasteiger charge is -2.37. The van der Waals surface area contributed by atoms with E-state index >= 15 is 0 Å². The van der Waals surface area contributed by atoms with Crippen molar-refractivity contribution in [3.63, 3.8) is 0 Å². The van der Waals surface area contributed by atoms with Crippen molar-refractivity contribution < 1.29 is 9.47 Å². The van der Waals surface area contributed by atoms with E-state index in [-0.39, 0.29) is 11.6 Å². The zero-order valence-corrected chi connectivity index (χ0v) is 15.8. The molecule has 2 aliphatic heterocycles. The molecule has 2 heterocycles. The Hall–Kier alpha value is -2.42. The van der Waals surface area contributed by atoms with Crippen LogP contribution in [0.1, 0.15) is 50.8 Å². The first-order valence-electron chi connectivity index (χ1n) is 9.47. The van der Waals surface area contributed by atoms with E-state index in [4.69, 9.17) is 9.47 Å². The third-order valence-electron chi connectivity index (χ3n) is 5.74. The Morgan fingerprint density at radius 1 is 1.12 bits per heavy atom. The van der Waals surface area contributed by atoms with Crippen molar-refractivity contribution in [2.45, 2.75) is 45.3 Å². The van der Waals surface area contributed by atoms with Crippen LogP contribution in [-0.2, 0) is 0 Å². The van der Waals surface area contributed by atoms with E-state index in [0.717, 1.165) is 17.1 Å². The Kier molecular flexibility index (Phi) is 3.22. The molecule has 0 saturated heterocycles. The van der Waals surface area contributed by atoms with Gasteiger partial charge in [-0.3, -0.25) is 0 Å². The van der Waals surface area contributed by atoms with Gasteiger partial charge in [0.15, 0.2) is 0 Å². The second-order valence-corrected chi connectivity index (χ2v) is 8.33. The number of fused-ring (bicyclic) bond motifs is 5. The maximum absolute atomic E-state index is 6.56. The molecule has 1 atom stereocenters. The molecular formula is C23H25NO2. The topological polar surface area (TPSA) is 30.5 Å². The first-order chi connectivity index (χ1) is 12.5. The summed E-state index contributed by atoms with van der Waals surface area (Å²) in [6, 6.07) is 10.6. The van der Waals surface area contributed by atoms with Crippen LogP contribution in [0.25, 0.3) is 16.7 Å². The second-order valence-electron chi connectivity index (χ2n) is 8.33. The second kappa shape index (κ2) is 5.29. The van der Waals surface area contributed by atoms with Crippen LogP contribution in [0.15, 0.2) is 36.4 Å². The average molecular weight is 347 g/mol. The molecule has 0 spiro atoms. The molecule has 1 N–H and O–H groups in total. The normalized spacial score (nSPS) is 22.2. The quantitative estimate of drug-likeness (QED) is 0.743. The molecule has 2 aromatic rings. The number of methoxy groups -OCH3 is 1. The molecular weight excluding hydrogens is 322 g/mol. The molecule has 0 bridgehead atoms. The van der Waals surface area contributed by atoms with E-state index in [1.54, 1.807) is 7.11 Å². The van der Waals surface area contributed by atoms with Gasteiger partial charge in [0.1, 0.15) is 17.6 Å². The highest BCUT2D eigenvalue weighted by atomic mass is 16.5. The molecule has 0 amide bonds. The van der Waals surface area contributed by atoms with Crippen molar-refractivity contribution in [3.05, 3.63) is 47.5 Å². The Bertz CT molecular complexity index is 937. The zero-order chi connectivity index (χ0) is 18.1. The molecule has 1 unspecified atom stereocenters. The number of hydrogen-bond acceptors (Lipinski definition) is 3. The largest absolute Gasteiger partial charge is 0.496 e. The molecule has 5 rings (SSSR count). The maximum Gasteiger partial charge on any atom is 0.131 e. The van der Waals surface area contributed by atoms with Gasteiger partial charge in [-0.1, -0.05) is 18.2 Å². The lowest BCUT2D eigenvalue weighted by atomic mass is 9.81. The number of hydrogen-bond donors (Lipinski definition) is 1. The molecule has 3 aliphatic rings. The summed E-state index contributed by atoms with van der Waals surface area (Å²) in [6.45, 7) is 6.65. The van der Waals surface area contributed by atoms with Gasteiger partial charge in [-0.2, -0.15) is 0 Å². The van der Waals surface area contributed by atoms with E-state index < -0.39 is 0 Å². The van der Waals surface area contributed by atoms with E-state index in [9.17, 15) is 0 Å². The van der Waals surface area contributed by atoms with Crippen LogP contribution in [0.4, 0.5) is 5.69 Å². The van der Waals surface area contributed by atoms with Crippen LogP contribution in [0, 0.1) is 5.92 Å². The molecule has 26 heavy (non-hydrogen) atoms. The SMILES string of the molecule is COc1cccc2c1-c1ccc3c(c1C(C1CC1)O2)C(C)=CC(C)(C)N3. The first-order valence-corrected chi connectivity index (χ1v) is 9.47. The number of benzene rings is 2. The minimum atomic E-state index is -0.0362. The summed E-state index contributed by atoms with van der Waals surface area (Å²) in [5.74, 6) is 2.44. The summed E-state index contributed by atoms with van der Waals surface area (Å²) < 4.78 is 12.2. The van der Waals surface area contributed by atoms with Gasteiger partial charge in [-0.25, -0.2) is 0 Å². The van der Waals surface area contributed by atoms with E-state index in [2.05, 4.69) is 50.4 Å². The third kappa shape index (κ3) is 2.26. The molecule has 1 fully saturated rings. The summed E-state index contributed by atoms with van der Waals surface area (Å²) >= 11 is 0. The van der Waals surface area contributed by atoms with Crippen molar-refractivity contribution in [2.75, 3.05) is 12.4 Å². The highest BCUT2D eigenvalue weighted by Crippen LogP contribution is 2.56. The van der Waals surface area contributed by atoms with Crippen LogP contribution in [0.3, 0.4) is 0 Å². The average Bonchev–Trinajstić information content (AvgIpc) is 3.43. The van der Waals surface area contributed by atoms with Crippen LogP contribution < -0.4 is 14.8 Å². The van der Waals surface area contributed by atoms with Crippen LogP contribution in [-0.4, -0.2) is 12.6 Å². The van der Waals surface area contributed by atoms with Gasteiger partial charge < -0.3 is 14.8 Å². The van der Waals surface area contributed by atoms with Crippen molar-refractivity contribution in [1.29, 1.82) is 0 Å². The molecule has 0 aromatic heterocycles. The summed E-state index contributed by atoms with van der Waals surface area (Å²) in [5.41, 5.74) is 7.49. The van der Waals surface area contributed by atoms with Crippen LogP contribution in [0.5, 0.6) is 11.5 Å².